The lowest BCUT2D eigenvalue weighted by Crippen LogP contribution is -2.10. The third-order valence-electron chi connectivity index (χ3n) is 4.25. The number of nitrogen functional groups attached to an aromatic ring is 1. The number of pyridine rings is 1. The van der Waals surface area contributed by atoms with Crippen molar-refractivity contribution in [3.8, 4) is 22.4 Å². The van der Waals surface area contributed by atoms with E-state index in [1.165, 1.54) is 11.4 Å². The van der Waals surface area contributed by atoms with Crippen LogP contribution in [0, 0.1) is 6.92 Å². The summed E-state index contributed by atoms with van der Waals surface area (Å²) >= 11 is 5.86. The predicted molar refractivity (Wildman–Crippen MR) is 103 cm³/mol. The number of anilines is 1. The van der Waals surface area contributed by atoms with Crippen molar-refractivity contribution in [2.24, 2.45) is 0 Å². The Balaban J connectivity index is 2.11. The van der Waals surface area contributed by atoms with E-state index in [4.69, 9.17) is 17.3 Å². The number of nitrogens with two attached hydrogens (primary N) is 1. The summed E-state index contributed by atoms with van der Waals surface area (Å²) in [5, 5.41) is 4.19. The van der Waals surface area contributed by atoms with Crippen LogP contribution in [0.4, 0.5) is 19.1 Å². The first-order chi connectivity index (χ1) is 13.8. The Bertz CT molecular complexity index is 1200. The highest BCUT2D eigenvalue weighted by atomic mass is 35.5. The molecule has 0 unspecified atom stereocenters. The average molecular weight is 419 g/mol. The maximum atomic E-state index is 13.4. The second-order valence-electron chi connectivity index (χ2n) is 6.34. The van der Waals surface area contributed by atoms with Gasteiger partial charge in [0, 0.05) is 11.3 Å². The van der Waals surface area contributed by atoms with Crippen molar-refractivity contribution in [1.82, 2.24) is 24.6 Å². The minimum atomic E-state index is -4.60. The number of hydrogen-bond acceptors (Lipinski definition) is 5. The minimum Gasteiger partial charge on any atom is -0.368 e. The van der Waals surface area contributed by atoms with Gasteiger partial charge in [-0.3, -0.25) is 0 Å². The lowest BCUT2D eigenvalue weighted by Gasteiger charge is -2.14. The molecule has 0 bridgehead atoms. The molecule has 0 aliphatic rings. The van der Waals surface area contributed by atoms with Crippen molar-refractivity contribution in [1.29, 1.82) is 0 Å². The second-order valence-corrected chi connectivity index (χ2v) is 6.60. The molecule has 0 fully saturated rings. The first kappa shape index (κ1) is 19.1. The fourth-order valence-corrected chi connectivity index (χ4v) is 3.20. The first-order valence-electron chi connectivity index (χ1n) is 8.50. The Morgan fingerprint density at radius 2 is 1.76 bits per heavy atom. The van der Waals surface area contributed by atoms with Gasteiger partial charge in [-0.15, -0.1) is 16.7 Å². The lowest BCUT2D eigenvalue weighted by molar-refractivity contribution is -0.141. The molecule has 6 nitrogen and oxygen atoms in total. The number of aryl methyl sites for hydroxylation is 1. The summed E-state index contributed by atoms with van der Waals surface area (Å²) in [4.78, 5) is 12.4. The molecule has 0 radical (unpaired) electrons. The average Bonchev–Trinajstić information content (AvgIpc) is 3.12. The first-order valence-corrected chi connectivity index (χ1v) is 9.04. The molecule has 0 spiro atoms. The fourth-order valence-electron chi connectivity index (χ4n) is 3.09. The second kappa shape index (κ2) is 7.00. The van der Waals surface area contributed by atoms with Gasteiger partial charge in [-0.25, -0.2) is 15.0 Å². The lowest BCUT2D eigenvalue weighted by atomic mass is 9.99. The Kier molecular flexibility index (Phi) is 4.62. The van der Waals surface area contributed by atoms with Gasteiger partial charge in [0.1, 0.15) is 5.69 Å². The summed E-state index contributed by atoms with van der Waals surface area (Å²) in [6.45, 7) is 1.50. The molecule has 0 atom stereocenters. The van der Waals surface area contributed by atoms with E-state index in [9.17, 15) is 13.2 Å². The van der Waals surface area contributed by atoms with E-state index >= 15 is 0 Å². The third kappa shape index (κ3) is 3.49. The molecule has 0 amide bonds. The normalized spacial score (nSPS) is 11.9. The van der Waals surface area contributed by atoms with Gasteiger partial charge in [-0.2, -0.15) is 17.7 Å². The number of aromatic nitrogens is 5. The molecule has 3 heterocycles. The smallest absolute Gasteiger partial charge is 0.368 e. The molecule has 0 saturated heterocycles. The molecule has 3 aromatic heterocycles. The Hall–Kier alpha value is -3.20. The van der Waals surface area contributed by atoms with E-state index in [-0.39, 0.29) is 34.6 Å². The van der Waals surface area contributed by atoms with Gasteiger partial charge in [0.15, 0.2) is 11.5 Å². The summed E-state index contributed by atoms with van der Waals surface area (Å²) in [5.74, 6) is 0.353. The summed E-state index contributed by atoms with van der Waals surface area (Å²) in [7, 11) is 0. The van der Waals surface area contributed by atoms with Crippen molar-refractivity contribution >= 4 is 23.2 Å². The van der Waals surface area contributed by atoms with Crippen LogP contribution in [0.3, 0.4) is 0 Å². The van der Waals surface area contributed by atoms with Crippen LogP contribution in [0.25, 0.3) is 28.0 Å². The standard InChI is InChI=1S/C19H14ClF3N6/c1-10-7-12(8-13(25-10)19(21,22)23)15-16(11-5-3-2-4-6-11)27-18(24)29-17(15)26-14(9-20)28-29/h2-8H,9H2,1H3,(H2,24,27). The number of fused-ring (bicyclic) bond motifs is 1. The molecule has 29 heavy (non-hydrogen) atoms. The number of rotatable bonds is 3. The van der Waals surface area contributed by atoms with Crippen LogP contribution in [-0.2, 0) is 12.1 Å². The number of halogens is 4. The van der Waals surface area contributed by atoms with Crippen molar-refractivity contribution in [2.45, 2.75) is 19.0 Å². The molecule has 2 N–H and O–H groups in total. The molecule has 148 valence electrons. The molecule has 1 aromatic carbocycles. The van der Waals surface area contributed by atoms with Gasteiger partial charge in [0.05, 0.1) is 17.1 Å². The highest BCUT2D eigenvalue weighted by molar-refractivity contribution is 6.16. The highest BCUT2D eigenvalue weighted by Crippen LogP contribution is 2.37. The topological polar surface area (TPSA) is 82.0 Å². The van der Waals surface area contributed by atoms with E-state index in [0.29, 0.717) is 16.8 Å². The Morgan fingerprint density at radius 1 is 1.03 bits per heavy atom. The number of nitrogens with zero attached hydrogens (tertiary/aromatic N) is 5. The molecular formula is C19H14ClF3N6. The Labute approximate surface area is 168 Å². The largest absolute Gasteiger partial charge is 0.433 e. The molecular weight excluding hydrogens is 405 g/mol. The molecule has 0 aliphatic heterocycles. The van der Waals surface area contributed by atoms with Crippen LogP contribution in [-0.4, -0.2) is 24.6 Å². The monoisotopic (exact) mass is 418 g/mol. The zero-order valence-corrected chi connectivity index (χ0v) is 15.8. The minimum absolute atomic E-state index is 0.0183. The van der Waals surface area contributed by atoms with Crippen molar-refractivity contribution in [3.05, 3.63) is 59.7 Å². The molecule has 4 aromatic rings. The maximum absolute atomic E-state index is 13.4. The van der Waals surface area contributed by atoms with E-state index < -0.39 is 11.9 Å². The van der Waals surface area contributed by atoms with E-state index in [1.54, 1.807) is 30.3 Å². The van der Waals surface area contributed by atoms with Crippen LogP contribution in [0.2, 0.25) is 0 Å². The van der Waals surface area contributed by atoms with Crippen LogP contribution >= 0.6 is 11.6 Å². The number of benzene rings is 1. The van der Waals surface area contributed by atoms with Crippen molar-refractivity contribution in [3.63, 3.8) is 0 Å². The van der Waals surface area contributed by atoms with E-state index in [0.717, 1.165) is 6.07 Å². The van der Waals surface area contributed by atoms with Crippen LogP contribution in [0.5, 0.6) is 0 Å². The molecule has 0 aliphatic carbocycles. The highest BCUT2D eigenvalue weighted by Gasteiger charge is 2.33. The van der Waals surface area contributed by atoms with Gasteiger partial charge in [-0.1, -0.05) is 30.3 Å². The third-order valence-corrected chi connectivity index (χ3v) is 4.49. The van der Waals surface area contributed by atoms with Gasteiger partial charge >= 0.3 is 6.18 Å². The molecule has 0 saturated carbocycles. The van der Waals surface area contributed by atoms with Gasteiger partial charge in [0.2, 0.25) is 5.95 Å². The van der Waals surface area contributed by atoms with Crippen molar-refractivity contribution < 1.29 is 13.2 Å². The quantitative estimate of drug-likeness (QED) is 0.495. The zero-order valence-electron chi connectivity index (χ0n) is 15.1. The van der Waals surface area contributed by atoms with Crippen LogP contribution < -0.4 is 5.73 Å². The Morgan fingerprint density at radius 3 is 2.41 bits per heavy atom. The maximum Gasteiger partial charge on any atom is 0.433 e. The number of hydrogen-bond donors (Lipinski definition) is 1. The summed E-state index contributed by atoms with van der Waals surface area (Å²) in [5.41, 5.74) is 7.22. The summed E-state index contributed by atoms with van der Waals surface area (Å²) in [6, 6.07) is 11.5. The van der Waals surface area contributed by atoms with E-state index in [1.807, 2.05) is 6.07 Å². The van der Waals surface area contributed by atoms with Crippen molar-refractivity contribution in [2.75, 3.05) is 5.73 Å². The molecule has 10 heteroatoms. The van der Waals surface area contributed by atoms with Gasteiger partial charge < -0.3 is 5.73 Å². The molecule has 4 rings (SSSR count). The van der Waals surface area contributed by atoms with Crippen LogP contribution in [0.1, 0.15) is 17.2 Å². The van der Waals surface area contributed by atoms with E-state index in [2.05, 4.69) is 20.1 Å². The fraction of sp³-hybridized carbons (Fsp3) is 0.158. The SMILES string of the molecule is Cc1cc(-c2c(-c3ccccc3)nc(N)n3nc(CCl)nc23)cc(C(F)(F)F)n1. The number of alkyl halides is 4. The van der Waals surface area contributed by atoms with Gasteiger partial charge in [0.25, 0.3) is 0 Å². The predicted octanol–water partition coefficient (Wildman–Crippen LogP) is 4.50. The summed E-state index contributed by atoms with van der Waals surface area (Å²) in [6.07, 6.45) is -4.60. The van der Waals surface area contributed by atoms with Gasteiger partial charge in [-0.05, 0) is 24.6 Å². The summed E-state index contributed by atoms with van der Waals surface area (Å²) < 4.78 is 41.4. The zero-order chi connectivity index (χ0) is 20.8. The van der Waals surface area contributed by atoms with Crippen LogP contribution in [0.15, 0.2) is 42.5 Å².